The molecule has 0 fully saturated rings. The number of rotatable bonds is 5. The molecule has 90 valence electrons. The van der Waals surface area contributed by atoms with Crippen molar-refractivity contribution in [3.05, 3.63) is 29.3 Å². The number of benzene rings is 1. The Labute approximate surface area is 101 Å². The lowest BCUT2D eigenvalue weighted by Crippen LogP contribution is -2.35. The Bertz CT molecular complexity index is 430. The third kappa shape index (κ3) is 3.75. The van der Waals surface area contributed by atoms with Gasteiger partial charge in [0.25, 0.3) is 0 Å². The van der Waals surface area contributed by atoms with E-state index in [-0.39, 0.29) is 10.9 Å². The van der Waals surface area contributed by atoms with Gasteiger partial charge >= 0.3 is 0 Å². The van der Waals surface area contributed by atoms with Crippen LogP contribution in [0, 0.1) is 0 Å². The summed E-state index contributed by atoms with van der Waals surface area (Å²) in [5.74, 6) is 0. The topological polar surface area (TPSA) is 55.4 Å². The molecular weight excluding hydrogens is 250 g/mol. The number of halogens is 1. The van der Waals surface area contributed by atoms with Gasteiger partial charge in [0.15, 0.2) is 0 Å². The molecule has 0 bridgehead atoms. The van der Waals surface area contributed by atoms with Crippen LogP contribution in [0.1, 0.15) is 6.92 Å². The molecule has 1 aromatic rings. The highest BCUT2D eigenvalue weighted by molar-refractivity contribution is 7.89. The van der Waals surface area contributed by atoms with E-state index in [2.05, 4.69) is 4.72 Å². The van der Waals surface area contributed by atoms with Crippen molar-refractivity contribution in [3.63, 3.8) is 0 Å². The standard InChI is InChI=1S/C10H14ClNO3S/c1-8(7-15-2)12-16(13,14)10-5-3-9(11)4-6-10/h3-6,8,12H,7H2,1-2H3/t8-/m1/s1. The van der Waals surface area contributed by atoms with Crippen LogP contribution < -0.4 is 4.72 Å². The zero-order valence-corrected chi connectivity index (χ0v) is 10.7. The van der Waals surface area contributed by atoms with E-state index in [9.17, 15) is 8.42 Å². The average molecular weight is 264 g/mol. The first kappa shape index (κ1) is 13.4. The van der Waals surface area contributed by atoms with Gasteiger partial charge in [0.2, 0.25) is 10.0 Å². The Morgan fingerprint density at radius 3 is 2.44 bits per heavy atom. The molecule has 4 nitrogen and oxygen atoms in total. The summed E-state index contributed by atoms with van der Waals surface area (Å²) in [6.07, 6.45) is 0. The molecule has 0 heterocycles. The lowest BCUT2D eigenvalue weighted by Gasteiger charge is -2.13. The molecule has 0 aliphatic rings. The molecule has 0 saturated carbocycles. The maximum atomic E-state index is 11.8. The number of hydrogen-bond donors (Lipinski definition) is 1. The maximum absolute atomic E-state index is 11.8. The van der Waals surface area contributed by atoms with Crippen molar-refractivity contribution < 1.29 is 13.2 Å². The number of nitrogens with one attached hydrogen (secondary N) is 1. The summed E-state index contributed by atoms with van der Waals surface area (Å²) >= 11 is 5.68. The van der Waals surface area contributed by atoms with Crippen molar-refractivity contribution in [1.82, 2.24) is 4.72 Å². The van der Waals surface area contributed by atoms with E-state index < -0.39 is 10.0 Å². The predicted molar refractivity (Wildman–Crippen MR) is 63.1 cm³/mol. The van der Waals surface area contributed by atoms with E-state index >= 15 is 0 Å². The van der Waals surface area contributed by atoms with Gasteiger partial charge in [0, 0.05) is 18.2 Å². The molecule has 0 aliphatic carbocycles. The average Bonchev–Trinajstić information content (AvgIpc) is 2.17. The lowest BCUT2D eigenvalue weighted by molar-refractivity contribution is 0.180. The van der Waals surface area contributed by atoms with Crippen LogP contribution >= 0.6 is 11.6 Å². The summed E-state index contributed by atoms with van der Waals surface area (Å²) in [5.41, 5.74) is 0. The molecule has 0 spiro atoms. The zero-order chi connectivity index (χ0) is 12.2. The molecule has 1 aromatic carbocycles. The van der Waals surface area contributed by atoms with Gasteiger partial charge in [-0.3, -0.25) is 0 Å². The monoisotopic (exact) mass is 263 g/mol. The van der Waals surface area contributed by atoms with Gasteiger partial charge in [0.05, 0.1) is 11.5 Å². The third-order valence-corrected chi connectivity index (χ3v) is 3.75. The van der Waals surface area contributed by atoms with Crippen molar-refractivity contribution in [3.8, 4) is 0 Å². The first-order valence-corrected chi connectivity index (χ1v) is 6.58. The largest absolute Gasteiger partial charge is 0.383 e. The summed E-state index contributed by atoms with van der Waals surface area (Å²) in [5, 5.41) is 0.504. The fourth-order valence-electron chi connectivity index (χ4n) is 1.23. The fraction of sp³-hybridized carbons (Fsp3) is 0.400. The van der Waals surface area contributed by atoms with E-state index in [0.717, 1.165) is 0 Å². The molecule has 0 aliphatic heterocycles. The Kier molecular flexibility index (Phi) is 4.73. The van der Waals surface area contributed by atoms with Crippen LogP contribution in [0.2, 0.25) is 5.02 Å². The highest BCUT2D eigenvalue weighted by Gasteiger charge is 2.16. The normalized spacial score (nSPS) is 13.7. The minimum Gasteiger partial charge on any atom is -0.383 e. The second-order valence-electron chi connectivity index (χ2n) is 3.43. The fourth-order valence-corrected chi connectivity index (χ4v) is 2.58. The highest BCUT2D eigenvalue weighted by atomic mass is 35.5. The molecule has 1 rings (SSSR count). The van der Waals surface area contributed by atoms with Gasteiger partial charge in [-0.05, 0) is 31.2 Å². The molecule has 1 N–H and O–H groups in total. The minimum atomic E-state index is -3.49. The molecule has 16 heavy (non-hydrogen) atoms. The van der Waals surface area contributed by atoms with Gasteiger partial charge in [-0.2, -0.15) is 0 Å². The Morgan fingerprint density at radius 2 is 1.94 bits per heavy atom. The van der Waals surface area contributed by atoms with Gasteiger partial charge in [-0.15, -0.1) is 0 Å². The van der Waals surface area contributed by atoms with Crippen molar-refractivity contribution in [1.29, 1.82) is 0 Å². The number of methoxy groups -OCH3 is 1. The summed E-state index contributed by atoms with van der Waals surface area (Å²) in [7, 11) is -1.97. The highest BCUT2D eigenvalue weighted by Crippen LogP contribution is 2.14. The van der Waals surface area contributed by atoms with Gasteiger partial charge in [0.1, 0.15) is 0 Å². The van der Waals surface area contributed by atoms with Crippen molar-refractivity contribution in [2.45, 2.75) is 17.9 Å². The third-order valence-electron chi connectivity index (χ3n) is 1.90. The minimum absolute atomic E-state index is 0.194. The second kappa shape index (κ2) is 5.63. The van der Waals surface area contributed by atoms with E-state index in [0.29, 0.717) is 11.6 Å². The van der Waals surface area contributed by atoms with Crippen molar-refractivity contribution in [2.24, 2.45) is 0 Å². The smallest absolute Gasteiger partial charge is 0.240 e. The summed E-state index contributed by atoms with van der Waals surface area (Å²) in [6, 6.07) is 5.73. The maximum Gasteiger partial charge on any atom is 0.240 e. The van der Waals surface area contributed by atoms with Gasteiger partial charge in [-0.1, -0.05) is 11.6 Å². The van der Waals surface area contributed by atoms with Crippen molar-refractivity contribution >= 4 is 21.6 Å². The summed E-state index contributed by atoms with van der Waals surface area (Å²) < 4.78 is 31.0. The Morgan fingerprint density at radius 1 is 1.38 bits per heavy atom. The predicted octanol–water partition coefficient (Wildman–Crippen LogP) is 1.65. The van der Waals surface area contributed by atoms with Crippen LogP contribution in [0.25, 0.3) is 0 Å². The summed E-state index contributed by atoms with van der Waals surface area (Å²) in [6.45, 7) is 2.06. The van der Waals surface area contributed by atoms with E-state index in [1.54, 1.807) is 6.92 Å². The van der Waals surface area contributed by atoms with Crippen LogP contribution in [0.3, 0.4) is 0 Å². The number of hydrogen-bond acceptors (Lipinski definition) is 3. The molecule has 1 atom stereocenters. The molecule has 0 unspecified atom stereocenters. The van der Waals surface area contributed by atoms with Gasteiger partial charge in [-0.25, -0.2) is 13.1 Å². The van der Waals surface area contributed by atoms with Crippen molar-refractivity contribution in [2.75, 3.05) is 13.7 Å². The van der Waals surface area contributed by atoms with E-state index in [1.807, 2.05) is 0 Å². The summed E-state index contributed by atoms with van der Waals surface area (Å²) in [4.78, 5) is 0.194. The number of sulfonamides is 1. The van der Waals surface area contributed by atoms with Crippen LogP contribution in [-0.2, 0) is 14.8 Å². The zero-order valence-electron chi connectivity index (χ0n) is 9.10. The number of ether oxygens (including phenoxy) is 1. The molecule has 0 amide bonds. The quantitative estimate of drug-likeness (QED) is 0.879. The Hall–Kier alpha value is -0.620. The SMILES string of the molecule is COC[C@@H](C)NS(=O)(=O)c1ccc(Cl)cc1. The molecule has 0 aromatic heterocycles. The lowest BCUT2D eigenvalue weighted by atomic mass is 10.4. The molecule has 0 saturated heterocycles. The first-order valence-electron chi connectivity index (χ1n) is 4.72. The molecule has 6 heteroatoms. The molecule has 0 radical (unpaired) electrons. The van der Waals surface area contributed by atoms with Gasteiger partial charge < -0.3 is 4.74 Å². The van der Waals surface area contributed by atoms with Crippen LogP contribution in [-0.4, -0.2) is 28.2 Å². The first-order chi connectivity index (χ1) is 7.45. The van der Waals surface area contributed by atoms with E-state index in [1.165, 1.54) is 31.4 Å². The van der Waals surface area contributed by atoms with Crippen LogP contribution in [0.4, 0.5) is 0 Å². The molecular formula is C10H14ClNO3S. The second-order valence-corrected chi connectivity index (χ2v) is 5.58. The Balaban J connectivity index is 2.82. The van der Waals surface area contributed by atoms with Crippen LogP contribution in [0.5, 0.6) is 0 Å². The van der Waals surface area contributed by atoms with Crippen LogP contribution in [0.15, 0.2) is 29.2 Å². The van der Waals surface area contributed by atoms with E-state index in [4.69, 9.17) is 16.3 Å².